The number of nitrogens with zero attached hydrogens (tertiary/aromatic N) is 1. The molecule has 1 unspecified atom stereocenters. The Hall–Kier alpha value is -3.16. The summed E-state index contributed by atoms with van der Waals surface area (Å²) in [5, 5.41) is 12.9. The second kappa shape index (κ2) is 10.2. The van der Waals surface area contributed by atoms with E-state index in [4.69, 9.17) is 4.74 Å². The van der Waals surface area contributed by atoms with Crippen LogP contribution in [0.5, 0.6) is 0 Å². The fourth-order valence-corrected chi connectivity index (χ4v) is 4.30. The molecule has 0 bridgehead atoms. The van der Waals surface area contributed by atoms with E-state index in [1.165, 1.54) is 17.0 Å². The maximum absolute atomic E-state index is 14.6. The molecule has 0 aromatic heterocycles. The number of carbonyl (C=O) groups is 2. The highest BCUT2D eigenvalue weighted by Gasteiger charge is 2.38. The topological polar surface area (TPSA) is 78.9 Å². The second-order valence-corrected chi connectivity index (χ2v) is 9.36. The van der Waals surface area contributed by atoms with Gasteiger partial charge in [0.15, 0.2) is 11.6 Å². The number of ether oxygens (including phenoxy) is 1. The highest BCUT2D eigenvalue weighted by atomic mass is 19.2. The van der Waals surface area contributed by atoms with Crippen molar-refractivity contribution < 1.29 is 28.2 Å². The minimum atomic E-state index is -1.18. The Morgan fingerprint density at radius 2 is 1.79 bits per heavy atom. The Bertz CT molecular complexity index is 978. The van der Waals surface area contributed by atoms with Crippen LogP contribution >= 0.6 is 0 Å². The summed E-state index contributed by atoms with van der Waals surface area (Å²) in [7, 11) is 0. The van der Waals surface area contributed by atoms with Gasteiger partial charge in [0, 0.05) is 12.5 Å². The quantitative estimate of drug-likeness (QED) is 0.647. The van der Waals surface area contributed by atoms with Crippen molar-refractivity contribution in [3.63, 3.8) is 0 Å². The van der Waals surface area contributed by atoms with Gasteiger partial charge >= 0.3 is 12.2 Å². The summed E-state index contributed by atoms with van der Waals surface area (Å²) >= 11 is 0. The van der Waals surface area contributed by atoms with Crippen LogP contribution in [0.1, 0.15) is 50.7 Å². The largest absolute Gasteiger partial charge is 0.465 e. The number of hydrogen-bond acceptors (Lipinski definition) is 3. The van der Waals surface area contributed by atoms with E-state index in [0.717, 1.165) is 11.6 Å². The lowest BCUT2D eigenvalue weighted by atomic mass is 9.92. The summed E-state index contributed by atoms with van der Waals surface area (Å²) < 4.78 is 33.8. The Morgan fingerprint density at radius 1 is 1.09 bits per heavy atom. The van der Waals surface area contributed by atoms with E-state index < -0.39 is 47.4 Å². The van der Waals surface area contributed by atoms with E-state index in [2.05, 4.69) is 5.32 Å². The Balaban J connectivity index is 1.95. The fraction of sp³-hybridized carbons (Fsp3) is 0.440. The summed E-state index contributed by atoms with van der Waals surface area (Å²) in [6.07, 6.45) is -0.731. The average molecular weight is 461 g/mol. The Labute approximate surface area is 192 Å². The van der Waals surface area contributed by atoms with Crippen molar-refractivity contribution >= 4 is 12.2 Å². The maximum Gasteiger partial charge on any atom is 0.407 e. The highest BCUT2D eigenvalue weighted by molar-refractivity contribution is 5.69. The van der Waals surface area contributed by atoms with E-state index in [-0.39, 0.29) is 12.1 Å². The van der Waals surface area contributed by atoms with Gasteiger partial charge in [-0.2, -0.15) is 0 Å². The molecular weight excluding hydrogens is 430 g/mol. The summed E-state index contributed by atoms with van der Waals surface area (Å²) in [6, 6.07) is 12.1. The first kappa shape index (κ1) is 24.5. The first-order valence-electron chi connectivity index (χ1n) is 11.0. The zero-order valence-corrected chi connectivity index (χ0v) is 19.1. The van der Waals surface area contributed by atoms with Crippen LogP contribution in [-0.2, 0) is 11.2 Å². The molecule has 0 radical (unpaired) electrons. The Kier molecular flexibility index (Phi) is 7.56. The number of benzene rings is 2. The maximum atomic E-state index is 14.6. The SMILES string of the molecule is CC(C)(C)OC(=O)N[C@@H]1CC[C@@H](c2cccc(F)c2F)CN(C(=O)O)C1Cc1ccccc1. The molecule has 2 amide bonds. The molecule has 2 N–H and O–H groups in total. The van der Waals surface area contributed by atoms with Gasteiger partial charge in [-0.3, -0.25) is 0 Å². The van der Waals surface area contributed by atoms with Crippen molar-refractivity contribution in [2.45, 2.75) is 63.6 Å². The molecule has 178 valence electrons. The molecule has 1 fully saturated rings. The molecule has 33 heavy (non-hydrogen) atoms. The molecule has 3 atom stereocenters. The molecular formula is C25H30F2N2O4. The van der Waals surface area contributed by atoms with Crippen molar-refractivity contribution in [1.82, 2.24) is 10.2 Å². The zero-order chi connectivity index (χ0) is 24.2. The average Bonchev–Trinajstić information content (AvgIpc) is 2.90. The zero-order valence-electron chi connectivity index (χ0n) is 19.1. The van der Waals surface area contributed by atoms with Gasteiger partial charge in [-0.05, 0) is 57.2 Å². The van der Waals surface area contributed by atoms with Crippen LogP contribution in [-0.4, -0.2) is 46.4 Å². The van der Waals surface area contributed by atoms with Gasteiger partial charge in [-0.25, -0.2) is 18.4 Å². The van der Waals surface area contributed by atoms with Crippen LogP contribution in [0.25, 0.3) is 0 Å². The second-order valence-electron chi connectivity index (χ2n) is 9.36. The van der Waals surface area contributed by atoms with E-state index in [1.807, 2.05) is 30.3 Å². The standard InChI is InChI=1S/C25H30F2N2O4/c1-25(2,3)33-23(30)28-20-13-12-17(18-10-7-11-19(26)22(18)27)15-29(24(31)32)21(20)14-16-8-5-4-6-9-16/h4-11,17,20-21H,12-15H2,1-3H3,(H,28,30)(H,31,32)/t17-,20-,21?/m1/s1. The fourth-order valence-electron chi connectivity index (χ4n) is 4.30. The predicted octanol–water partition coefficient (Wildman–Crippen LogP) is 5.33. The van der Waals surface area contributed by atoms with E-state index in [9.17, 15) is 23.5 Å². The first-order valence-corrected chi connectivity index (χ1v) is 11.0. The molecule has 0 aliphatic carbocycles. The lowest BCUT2D eigenvalue weighted by molar-refractivity contribution is 0.0459. The van der Waals surface area contributed by atoms with Crippen molar-refractivity contribution in [3.05, 3.63) is 71.3 Å². The minimum Gasteiger partial charge on any atom is -0.465 e. The van der Waals surface area contributed by atoms with E-state index in [0.29, 0.717) is 19.3 Å². The molecule has 1 aliphatic heterocycles. The van der Waals surface area contributed by atoms with Crippen LogP contribution in [0.3, 0.4) is 0 Å². The molecule has 8 heteroatoms. The lowest BCUT2D eigenvalue weighted by Gasteiger charge is -2.34. The van der Waals surface area contributed by atoms with Gasteiger partial charge in [-0.1, -0.05) is 42.5 Å². The number of hydrogen-bond donors (Lipinski definition) is 2. The molecule has 1 saturated heterocycles. The number of carbonyl (C=O) groups excluding carboxylic acids is 1. The predicted molar refractivity (Wildman–Crippen MR) is 120 cm³/mol. The third kappa shape index (κ3) is 6.43. The number of carboxylic acid groups (broad SMARTS) is 1. The van der Waals surface area contributed by atoms with Crippen molar-refractivity contribution in [3.8, 4) is 0 Å². The molecule has 0 saturated carbocycles. The number of alkyl carbamates (subject to hydrolysis) is 1. The normalized spacial score (nSPS) is 21.2. The molecule has 2 aromatic rings. The van der Waals surface area contributed by atoms with Gasteiger partial charge in [-0.15, -0.1) is 0 Å². The van der Waals surface area contributed by atoms with Gasteiger partial charge in [0.05, 0.1) is 12.1 Å². The van der Waals surface area contributed by atoms with Gasteiger partial charge < -0.3 is 20.1 Å². The third-order valence-electron chi connectivity index (χ3n) is 5.76. The van der Waals surface area contributed by atoms with Crippen LogP contribution in [0.15, 0.2) is 48.5 Å². The van der Waals surface area contributed by atoms with E-state index in [1.54, 1.807) is 20.8 Å². The highest BCUT2D eigenvalue weighted by Crippen LogP contribution is 2.33. The van der Waals surface area contributed by atoms with Crippen LogP contribution in [0.4, 0.5) is 18.4 Å². The number of nitrogens with one attached hydrogen (secondary N) is 1. The van der Waals surface area contributed by atoms with Crippen LogP contribution in [0, 0.1) is 11.6 Å². The number of halogens is 2. The lowest BCUT2D eigenvalue weighted by Crippen LogP contribution is -2.54. The number of amides is 2. The molecule has 0 spiro atoms. The number of rotatable bonds is 4. The number of likely N-dealkylation sites (tertiary alicyclic amines) is 1. The Morgan fingerprint density at radius 3 is 2.42 bits per heavy atom. The van der Waals surface area contributed by atoms with Crippen molar-refractivity contribution in [2.24, 2.45) is 0 Å². The van der Waals surface area contributed by atoms with Crippen LogP contribution in [0.2, 0.25) is 0 Å². The molecule has 3 rings (SSSR count). The van der Waals surface area contributed by atoms with Crippen molar-refractivity contribution in [1.29, 1.82) is 0 Å². The first-order chi connectivity index (χ1) is 15.5. The third-order valence-corrected chi connectivity index (χ3v) is 5.76. The molecule has 1 aliphatic rings. The van der Waals surface area contributed by atoms with Gasteiger partial charge in [0.25, 0.3) is 0 Å². The summed E-state index contributed by atoms with van der Waals surface area (Å²) in [4.78, 5) is 26.1. The smallest absolute Gasteiger partial charge is 0.407 e. The van der Waals surface area contributed by atoms with Gasteiger partial charge in [0.1, 0.15) is 5.60 Å². The molecule has 6 nitrogen and oxygen atoms in total. The monoisotopic (exact) mass is 460 g/mol. The van der Waals surface area contributed by atoms with E-state index >= 15 is 0 Å². The molecule has 1 heterocycles. The molecule has 2 aromatic carbocycles. The summed E-state index contributed by atoms with van der Waals surface area (Å²) in [5.74, 6) is -2.49. The minimum absolute atomic E-state index is 0.0142. The van der Waals surface area contributed by atoms with Crippen molar-refractivity contribution in [2.75, 3.05) is 6.54 Å². The summed E-state index contributed by atoms with van der Waals surface area (Å²) in [5.41, 5.74) is 0.321. The van der Waals surface area contributed by atoms with Gasteiger partial charge in [0.2, 0.25) is 0 Å². The summed E-state index contributed by atoms with van der Waals surface area (Å²) in [6.45, 7) is 5.22. The van der Waals surface area contributed by atoms with Crippen LogP contribution < -0.4 is 5.32 Å².